The van der Waals surface area contributed by atoms with Crippen molar-refractivity contribution in [1.29, 1.82) is 0 Å². The van der Waals surface area contributed by atoms with Gasteiger partial charge in [-0.3, -0.25) is 24.0 Å². The zero-order valence-corrected chi connectivity index (χ0v) is 40.8. The molecule has 0 aromatic heterocycles. The van der Waals surface area contributed by atoms with Crippen LogP contribution in [0.2, 0.25) is 0 Å². The summed E-state index contributed by atoms with van der Waals surface area (Å²) < 4.78 is 11.4. The third kappa shape index (κ3) is 33.0. The standard InChI is InChI=1S/C51H86N2O10S/c1-4-6-8-10-12-14-16-18-20-22-24-26-28-30-47(56)62-38-44(63-48(57)31-29-27-25-23-21-19-17-15-13-11-9-7-5-2)40-64-39-41(3)49(58)52-43-34-32-42(33-35-43)50(59)53-45(51(60)61)36-37-46(54)55/h32-35,41,44-45H,4-31,36-40H2,1-3H3,(H,52,58)(H,53,59)(H,54,55)(H,60,61)/t41-,44+,45-/m0/s1. The highest BCUT2D eigenvalue weighted by Crippen LogP contribution is 2.19. The Morgan fingerprint density at radius 3 is 1.45 bits per heavy atom. The van der Waals surface area contributed by atoms with Gasteiger partial charge in [-0.2, -0.15) is 11.8 Å². The van der Waals surface area contributed by atoms with Crippen molar-refractivity contribution in [3.05, 3.63) is 29.8 Å². The summed E-state index contributed by atoms with van der Waals surface area (Å²) in [7, 11) is 0. The number of ether oxygens (including phenoxy) is 2. The smallest absolute Gasteiger partial charge is 0.326 e. The normalized spacial score (nSPS) is 12.5. The molecule has 3 atom stereocenters. The zero-order chi connectivity index (χ0) is 47.0. The maximum Gasteiger partial charge on any atom is 0.326 e. The van der Waals surface area contributed by atoms with Gasteiger partial charge in [-0.05, 0) is 43.5 Å². The molecule has 1 rings (SSSR count). The molecule has 366 valence electrons. The van der Waals surface area contributed by atoms with Gasteiger partial charge in [-0.15, -0.1) is 0 Å². The number of anilines is 1. The van der Waals surface area contributed by atoms with E-state index >= 15 is 0 Å². The van der Waals surface area contributed by atoms with Crippen molar-refractivity contribution < 1.29 is 48.5 Å². The van der Waals surface area contributed by atoms with Crippen molar-refractivity contribution in [2.45, 2.75) is 226 Å². The molecule has 1 aromatic carbocycles. The van der Waals surface area contributed by atoms with Crippen LogP contribution in [-0.2, 0) is 33.4 Å². The molecular formula is C51H86N2O10S. The first-order chi connectivity index (χ1) is 31.0. The predicted octanol–water partition coefficient (Wildman–Crippen LogP) is 12.5. The number of rotatable bonds is 43. The molecule has 13 heteroatoms. The Kier molecular flexibility index (Phi) is 36.3. The minimum Gasteiger partial charge on any atom is -0.481 e. The molecule has 0 bridgehead atoms. The molecule has 0 aliphatic heterocycles. The molecule has 1 aromatic rings. The van der Waals surface area contributed by atoms with Gasteiger partial charge in [0.1, 0.15) is 18.8 Å². The van der Waals surface area contributed by atoms with Gasteiger partial charge in [0.25, 0.3) is 5.91 Å². The fourth-order valence-electron chi connectivity index (χ4n) is 7.38. The maximum atomic E-state index is 13.0. The van der Waals surface area contributed by atoms with E-state index in [1.165, 1.54) is 164 Å². The number of carbonyl (C=O) groups is 6. The second-order valence-corrected chi connectivity index (χ2v) is 18.7. The fourth-order valence-corrected chi connectivity index (χ4v) is 8.45. The summed E-state index contributed by atoms with van der Waals surface area (Å²) in [6.07, 6.45) is 31.1. The third-order valence-electron chi connectivity index (χ3n) is 11.5. The van der Waals surface area contributed by atoms with Crippen LogP contribution in [0.5, 0.6) is 0 Å². The predicted molar refractivity (Wildman–Crippen MR) is 259 cm³/mol. The number of benzene rings is 1. The molecule has 0 unspecified atom stereocenters. The van der Waals surface area contributed by atoms with Crippen molar-refractivity contribution in [3.63, 3.8) is 0 Å². The van der Waals surface area contributed by atoms with Gasteiger partial charge in [0.2, 0.25) is 5.91 Å². The fraction of sp³-hybridized carbons (Fsp3) is 0.765. The minimum atomic E-state index is -1.35. The monoisotopic (exact) mass is 919 g/mol. The first-order valence-corrected chi connectivity index (χ1v) is 26.2. The summed E-state index contributed by atoms with van der Waals surface area (Å²) >= 11 is 1.44. The lowest BCUT2D eigenvalue weighted by molar-refractivity contribution is -0.157. The third-order valence-corrected chi connectivity index (χ3v) is 12.8. The van der Waals surface area contributed by atoms with Crippen LogP contribution in [0.1, 0.15) is 224 Å². The molecule has 2 amide bonds. The Hall–Kier alpha value is -3.61. The number of hydrogen-bond acceptors (Lipinski definition) is 9. The Morgan fingerprint density at radius 2 is 1.02 bits per heavy atom. The summed E-state index contributed by atoms with van der Waals surface area (Å²) in [5.74, 6) is -3.68. The first-order valence-electron chi connectivity index (χ1n) is 25.1. The van der Waals surface area contributed by atoms with E-state index in [-0.39, 0.29) is 36.4 Å². The molecule has 4 N–H and O–H groups in total. The van der Waals surface area contributed by atoms with Crippen LogP contribution >= 0.6 is 11.8 Å². The Morgan fingerprint density at radius 1 is 0.578 bits per heavy atom. The summed E-state index contributed by atoms with van der Waals surface area (Å²) in [6, 6.07) is 4.58. The lowest BCUT2D eigenvalue weighted by Crippen LogP contribution is -2.41. The molecule has 0 aliphatic carbocycles. The average Bonchev–Trinajstić information content (AvgIpc) is 3.27. The van der Waals surface area contributed by atoms with Crippen LogP contribution in [0.4, 0.5) is 5.69 Å². The molecule has 0 spiro atoms. The van der Waals surface area contributed by atoms with Gasteiger partial charge >= 0.3 is 23.9 Å². The summed E-state index contributed by atoms with van der Waals surface area (Å²) in [4.78, 5) is 73.5. The Labute approximate surface area is 390 Å². The number of carboxylic acids is 2. The molecular weight excluding hydrogens is 833 g/mol. The van der Waals surface area contributed by atoms with E-state index in [0.717, 1.165) is 38.5 Å². The number of carbonyl (C=O) groups excluding carboxylic acids is 4. The number of amides is 2. The van der Waals surface area contributed by atoms with E-state index in [1.807, 2.05) is 0 Å². The minimum absolute atomic E-state index is 0.0259. The van der Waals surface area contributed by atoms with Crippen molar-refractivity contribution in [3.8, 4) is 0 Å². The second kappa shape index (κ2) is 39.7. The van der Waals surface area contributed by atoms with Gasteiger partial charge in [-0.1, -0.05) is 175 Å². The van der Waals surface area contributed by atoms with Crippen LogP contribution in [-0.4, -0.2) is 76.2 Å². The topological polar surface area (TPSA) is 185 Å². The first kappa shape index (κ1) is 58.4. The lowest BCUT2D eigenvalue weighted by Gasteiger charge is -2.19. The largest absolute Gasteiger partial charge is 0.481 e. The lowest BCUT2D eigenvalue weighted by atomic mass is 10.0. The molecule has 0 radical (unpaired) electrons. The van der Waals surface area contributed by atoms with Crippen LogP contribution in [0.25, 0.3) is 0 Å². The van der Waals surface area contributed by atoms with Gasteiger partial charge in [0.05, 0.1) is 0 Å². The second-order valence-electron chi connectivity index (χ2n) is 17.6. The maximum absolute atomic E-state index is 13.0. The van der Waals surface area contributed by atoms with Crippen molar-refractivity contribution in [2.24, 2.45) is 5.92 Å². The SMILES string of the molecule is CCCCCCCCCCCCCCCC(=O)OC[C@H](CSC[C@H](C)C(=O)Nc1ccc(C(=O)N[C@@H](CCC(=O)O)C(=O)O)cc1)OC(=O)CCCCCCCCCCCCCCC. The van der Waals surface area contributed by atoms with Crippen LogP contribution in [0, 0.1) is 5.92 Å². The average molecular weight is 919 g/mol. The summed E-state index contributed by atoms with van der Waals surface area (Å²) in [6.45, 7) is 6.24. The van der Waals surface area contributed by atoms with Crippen molar-refractivity contribution in [2.75, 3.05) is 23.4 Å². The molecule has 64 heavy (non-hydrogen) atoms. The van der Waals surface area contributed by atoms with Crippen LogP contribution in [0.3, 0.4) is 0 Å². The number of nitrogens with one attached hydrogen (secondary N) is 2. The Balaban J connectivity index is 2.54. The van der Waals surface area contributed by atoms with Gasteiger partial charge in [0, 0.05) is 47.9 Å². The quantitative estimate of drug-likeness (QED) is 0.0361. The number of hydrogen-bond donors (Lipinski definition) is 4. The summed E-state index contributed by atoms with van der Waals surface area (Å²) in [5, 5.41) is 23.4. The van der Waals surface area contributed by atoms with Crippen LogP contribution < -0.4 is 10.6 Å². The number of carboxylic acid groups (broad SMARTS) is 2. The van der Waals surface area contributed by atoms with Crippen molar-refractivity contribution >= 4 is 53.1 Å². The molecule has 0 fully saturated rings. The number of unbranched alkanes of at least 4 members (excludes halogenated alkanes) is 24. The van der Waals surface area contributed by atoms with Crippen LogP contribution in [0.15, 0.2) is 24.3 Å². The Bertz CT molecular complexity index is 1410. The summed E-state index contributed by atoms with van der Waals surface area (Å²) in [5.41, 5.74) is 0.595. The zero-order valence-electron chi connectivity index (χ0n) is 39.9. The van der Waals surface area contributed by atoms with Crippen molar-refractivity contribution in [1.82, 2.24) is 5.32 Å². The molecule has 12 nitrogen and oxygen atoms in total. The highest BCUT2D eigenvalue weighted by atomic mass is 32.2. The highest BCUT2D eigenvalue weighted by molar-refractivity contribution is 7.99. The number of aliphatic carboxylic acids is 2. The van der Waals surface area contributed by atoms with Gasteiger partial charge in [0.15, 0.2) is 0 Å². The molecule has 0 heterocycles. The molecule has 0 saturated carbocycles. The molecule has 0 aliphatic rings. The van der Waals surface area contributed by atoms with E-state index in [4.69, 9.17) is 14.6 Å². The van der Waals surface area contributed by atoms with Gasteiger partial charge in [-0.25, -0.2) is 4.79 Å². The van der Waals surface area contributed by atoms with E-state index in [2.05, 4.69) is 24.5 Å². The van der Waals surface area contributed by atoms with E-state index in [9.17, 15) is 33.9 Å². The number of thioether (sulfide) groups is 1. The van der Waals surface area contributed by atoms with E-state index < -0.39 is 42.3 Å². The molecule has 0 saturated heterocycles. The van der Waals surface area contributed by atoms with Gasteiger partial charge < -0.3 is 30.3 Å². The van der Waals surface area contributed by atoms with E-state index in [0.29, 0.717) is 30.0 Å². The van der Waals surface area contributed by atoms with E-state index in [1.54, 1.807) is 6.92 Å². The number of esters is 2. The highest BCUT2D eigenvalue weighted by Gasteiger charge is 2.23.